The fourth-order valence-electron chi connectivity index (χ4n) is 3.67. The second-order valence-electron chi connectivity index (χ2n) is 9.50. The lowest BCUT2D eigenvalue weighted by Crippen LogP contribution is -2.53. The molecule has 2 N–H and O–H groups in total. The molecule has 0 radical (unpaired) electrons. The molecule has 34 heavy (non-hydrogen) atoms. The zero-order valence-corrected chi connectivity index (χ0v) is 20.0. The first-order chi connectivity index (χ1) is 16.1. The Morgan fingerprint density at radius 3 is 2.26 bits per heavy atom. The number of hydrogen-bond donors (Lipinski definition) is 2. The van der Waals surface area contributed by atoms with Crippen LogP contribution in [-0.4, -0.2) is 71.6 Å². The molecule has 1 heterocycles. The molecule has 0 spiro atoms. The van der Waals surface area contributed by atoms with Gasteiger partial charge in [-0.15, -0.1) is 0 Å². The number of carbonyl (C=O) groups excluding carboxylic acids is 2. The van der Waals surface area contributed by atoms with E-state index >= 15 is 0 Å². The molecule has 0 unspecified atom stereocenters. The van der Waals surface area contributed by atoms with E-state index in [1.807, 2.05) is 20.8 Å². The molecule has 1 aliphatic rings. The Morgan fingerprint density at radius 1 is 0.971 bits per heavy atom. The molecule has 3 rings (SSSR count). The maximum absolute atomic E-state index is 13.3. The molecular weight excluding hydrogens is 440 g/mol. The largest absolute Gasteiger partial charge is 0.333 e. The van der Waals surface area contributed by atoms with E-state index in [4.69, 9.17) is 0 Å². The number of anilines is 1. The van der Waals surface area contributed by atoms with Crippen molar-refractivity contribution < 1.29 is 18.4 Å². The number of nitrogens with zero attached hydrogens (tertiary/aromatic N) is 3. The molecule has 2 aromatic rings. The van der Waals surface area contributed by atoms with Crippen LogP contribution in [0.5, 0.6) is 0 Å². The van der Waals surface area contributed by atoms with Gasteiger partial charge in [0, 0.05) is 57.0 Å². The summed E-state index contributed by atoms with van der Waals surface area (Å²) in [6.07, 6.45) is 0. The minimum Gasteiger partial charge on any atom is -0.333 e. The molecule has 0 atom stereocenters. The first-order valence-electron chi connectivity index (χ1n) is 11.4. The number of benzene rings is 2. The maximum atomic E-state index is 13.3. The quantitative estimate of drug-likeness (QED) is 0.663. The van der Waals surface area contributed by atoms with Gasteiger partial charge in [-0.3, -0.25) is 4.90 Å². The highest BCUT2D eigenvalue weighted by Gasteiger charge is 2.24. The second kappa shape index (κ2) is 11.3. The maximum Gasteiger partial charge on any atom is 0.321 e. The van der Waals surface area contributed by atoms with Crippen LogP contribution in [0.15, 0.2) is 48.5 Å². The van der Waals surface area contributed by atoms with Crippen LogP contribution in [0.3, 0.4) is 0 Å². The van der Waals surface area contributed by atoms with Crippen molar-refractivity contribution in [2.45, 2.75) is 32.9 Å². The number of amides is 4. The first-order valence-corrected chi connectivity index (χ1v) is 11.4. The van der Waals surface area contributed by atoms with Gasteiger partial charge in [0.05, 0.1) is 0 Å². The van der Waals surface area contributed by atoms with E-state index in [9.17, 15) is 18.4 Å². The zero-order valence-electron chi connectivity index (χ0n) is 20.0. The van der Waals surface area contributed by atoms with Gasteiger partial charge in [0.2, 0.25) is 0 Å². The lowest BCUT2D eigenvalue weighted by molar-refractivity contribution is 0.132. The number of urea groups is 2. The molecule has 4 amide bonds. The van der Waals surface area contributed by atoms with Crippen molar-refractivity contribution in [3.05, 3.63) is 65.7 Å². The second-order valence-corrected chi connectivity index (χ2v) is 9.50. The summed E-state index contributed by atoms with van der Waals surface area (Å²) < 4.78 is 26.6. The van der Waals surface area contributed by atoms with Gasteiger partial charge in [-0.05, 0) is 56.7 Å². The minimum atomic E-state index is -0.400. The Hall–Kier alpha value is -3.20. The lowest BCUT2D eigenvalue weighted by atomic mass is 10.1. The Labute approximate surface area is 199 Å². The molecule has 9 heteroatoms. The van der Waals surface area contributed by atoms with Gasteiger partial charge in [-0.2, -0.15) is 0 Å². The lowest BCUT2D eigenvalue weighted by Gasteiger charge is -2.36. The van der Waals surface area contributed by atoms with E-state index in [1.54, 1.807) is 34.1 Å². The third-order valence-corrected chi connectivity index (χ3v) is 5.48. The summed E-state index contributed by atoms with van der Waals surface area (Å²) in [7, 11) is 0. The molecule has 1 aliphatic heterocycles. The number of carbonyl (C=O) groups is 2. The molecule has 0 bridgehead atoms. The van der Waals surface area contributed by atoms with Crippen LogP contribution in [-0.2, 0) is 6.54 Å². The summed E-state index contributed by atoms with van der Waals surface area (Å²) in [5.74, 6) is -0.711. The number of rotatable bonds is 6. The monoisotopic (exact) mass is 473 g/mol. The molecule has 1 fully saturated rings. The van der Waals surface area contributed by atoms with Crippen LogP contribution in [0.2, 0.25) is 0 Å². The summed E-state index contributed by atoms with van der Waals surface area (Å²) in [4.78, 5) is 31.0. The van der Waals surface area contributed by atoms with Gasteiger partial charge in [0.15, 0.2) is 0 Å². The van der Waals surface area contributed by atoms with Crippen LogP contribution in [0.25, 0.3) is 0 Å². The zero-order chi connectivity index (χ0) is 24.7. The predicted octanol–water partition coefficient (Wildman–Crippen LogP) is 4.12. The number of hydrogen-bond acceptors (Lipinski definition) is 3. The average molecular weight is 474 g/mol. The van der Waals surface area contributed by atoms with Gasteiger partial charge >= 0.3 is 12.1 Å². The smallest absolute Gasteiger partial charge is 0.321 e. The molecular formula is C25H33F2N5O2. The highest BCUT2D eigenvalue weighted by Crippen LogP contribution is 2.13. The summed E-state index contributed by atoms with van der Waals surface area (Å²) in [5, 5.41) is 5.72. The fraction of sp³-hybridized carbons (Fsp3) is 0.440. The Bertz CT molecular complexity index is 970. The fourth-order valence-corrected chi connectivity index (χ4v) is 3.67. The molecule has 7 nitrogen and oxygen atoms in total. The van der Waals surface area contributed by atoms with Crippen LogP contribution < -0.4 is 10.6 Å². The molecule has 1 saturated heterocycles. The summed E-state index contributed by atoms with van der Waals surface area (Å²) in [6, 6.07) is 11.5. The van der Waals surface area contributed by atoms with Crippen molar-refractivity contribution in [2.75, 3.05) is 44.6 Å². The Balaban J connectivity index is 1.52. The van der Waals surface area contributed by atoms with Crippen molar-refractivity contribution in [3.8, 4) is 0 Å². The molecule has 0 saturated carbocycles. The van der Waals surface area contributed by atoms with Gasteiger partial charge in [-0.1, -0.05) is 18.2 Å². The Kier molecular flexibility index (Phi) is 8.44. The Morgan fingerprint density at radius 2 is 1.65 bits per heavy atom. The highest BCUT2D eigenvalue weighted by atomic mass is 19.1. The normalized spacial score (nSPS) is 14.6. The SMILES string of the molecule is CC(C)(C)NC(=O)N(CCN1CCN(C(=O)Nc2cccc(F)c2)CC1)Cc1ccc(F)cc1. The number of piperazine rings is 1. The number of halogens is 2. The van der Waals surface area contributed by atoms with Gasteiger partial charge in [-0.25, -0.2) is 18.4 Å². The van der Waals surface area contributed by atoms with E-state index in [2.05, 4.69) is 15.5 Å². The van der Waals surface area contributed by atoms with Gasteiger partial charge in [0.1, 0.15) is 11.6 Å². The number of nitrogens with one attached hydrogen (secondary N) is 2. The van der Waals surface area contributed by atoms with E-state index in [0.29, 0.717) is 51.5 Å². The topological polar surface area (TPSA) is 67.9 Å². The van der Waals surface area contributed by atoms with E-state index in [0.717, 1.165) is 5.56 Å². The van der Waals surface area contributed by atoms with Crippen LogP contribution in [0.1, 0.15) is 26.3 Å². The minimum absolute atomic E-state index is 0.176. The van der Waals surface area contributed by atoms with Crippen molar-refractivity contribution in [1.29, 1.82) is 0 Å². The van der Waals surface area contributed by atoms with Crippen molar-refractivity contribution >= 4 is 17.7 Å². The van der Waals surface area contributed by atoms with Crippen LogP contribution >= 0.6 is 0 Å². The van der Waals surface area contributed by atoms with E-state index in [1.165, 1.54) is 24.3 Å². The predicted molar refractivity (Wildman–Crippen MR) is 129 cm³/mol. The third-order valence-electron chi connectivity index (χ3n) is 5.48. The molecule has 0 aliphatic carbocycles. The highest BCUT2D eigenvalue weighted by molar-refractivity contribution is 5.89. The van der Waals surface area contributed by atoms with E-state index in [-0.39, 0.29) is 23.4 Å². The van der Waals surface area contributed by atoms with Gasteiger partial charge in [0.25, 0.3) is 0 Å². The third kappa shape index (κ3) is 7.98. The van der Waals surface area contributed by atoms with Crippen molar-refractivity contribution in [3.63, 3.8) is 0 Å². The van der Waals surface area contributed by atoms with E-state index < -0.39 is 5.82 Å². The molecule has 184 valence electrons. The van der Waals surface area contributed by atoms with Crippen LogP contribution in [0.4, 0.5) is 24.1 Å². The average Bonchev–Trinajstić information content (AvgIpc) is 2.77. The standard InChI is InChI=1S/C25H33F2N5O2/c1-25(2,3)29-24(34)32(18-19-7-9-20(26)10-8-19)16-13-30-11-14-31(15-12-30)23(33)28-22-6-4-5-21(27)17-22/h4-10,17H,11-16,18H2,1-3H3,(H,28,33)(H,29,34). The molecule has 2 aromatic carbocycles. The molecule has 0 aromatic heterocycles. The summed E-state index contributed by atoms with van der Waals surface area (Å²) >= 11 is 0. The van der Waals surface area contributed by atoms with Gasteiger partial charge < -0.3 is 20.4 Å². The van der Waals surface area contributed by atoms with Crippen LogP contribution in [0, 0.1) is 11.6 Å². The summed E-state index contributed by atoms with van der Waals surface area (Å²) in [6.45, 7) is 9.70. The first kappa shape index (κ1) is 25.4. The summed E-state index contributed by atoms with van der Waals surface area (Å²) in [5.41, 5.74) is 0.900. The van der Waals surface area contributed by atoms with Crippen molar-refractivity contribution in [2.24, 2.45) is 0 Å². The van der Waals surface area contributed by atoms with Crippen molar-refractivity contribution in [1.82, 2.24) is 20.0 Å².